The number of guanidine groups is 1. The predicted molar refractivity (Wildman–Crippen MR) is 92.5 cm³/mol. The Labute approximate surface area is 138 Å². The van der Waals surface area contributed by atoms with Crippen molar-refractivity contribution in [1.82, 2.24) is 10.2 Å². The highest BCUT2D eigenvalue weighted by Gasteiger charge is 2.36. The minimum Gasteiger partial charge on any atom is -0.469 e. The number of hydrogen-bond acceptors (Lipinski definition) is 3. The summed E-state index contributed by atoms with van der Waals surface area (Å²) in [5.41, 5.74) is 2.58. The van der Waals surface area contributed by atoms with Crippen LogP contribution in [0.25, 0.3) is 0 Å². The van der Waals surface area contributed by atoms with Gasteiger partial charge in [0.2, 0.25) is 0 Å². The van der Waals surface area contributed by atoms with E-state index in [-0.39, 0.29) is 17.8 Å². The largest absolute Gasteiger partial charge is 0.469 e. The molecule has 1 aliphatic heterocycles. The molecule has 0 aliphatic carbocycles. The summed E-state index contributed by atoms with van der Waals surface area (Å²) < 4.78 is 4.89. The summed E-state index contributed by atoms with van der Waals surface area (Å²) in [5.74, 6) is 0.930. The van der Waals surface area contributed by atoms with Crippen LogP contribution < -0.4 is 5.32 Å². The Balaban J connectivity index is 1.86. The first-order chi connectivity index (χ1) is 11.0. The lowest BCUT2D eigenvalue weighted by Gasteiger charge is -2.21. The molecule has 5 heteroatoms. The minimum absolute atomic E-state index is 0.0735. The highest BCUT2D eigenvalue weighted by atomic mass is 16.5. The van der Waals surface area contributed by atoms with Crippen LogP contribution in [0.4, 0.5) is 0 Å². The molecule has 2 rings (SSSR count). The molecule has 23 heavy (non-hydrogen) atoms. The molecule has 1 aromatic carbocycles. The second kappa shape index (κ2) is 7.99. The van der Waals surface area contributed by atoms with Crippen molar-refractivity contribution in [3.05, 3.63) is 35.4 Å². The summed E-state index contributed by atoms with van der Waals surface area (Å²) in [6.45, 7) is 6.49. The van der Waals surface area contributed by atoms with Crippen molar-refractivity contribution >= 4 is 11.9 Å². The van der Waals surface area contributed by atoms with Gasteiger partial charge in [0, 0.05) is 26.7 Å². The Morgan fingerprint density at radius 1 is 1.35 bits per heavy atom. The molecule has 0 bridgehead atoms. The number of likely N-dealkylation sites (tertiary alicyclic amines) is 1. The number of benzene rings is 1. The van der Waals surface area contributed by atoms with Crippen molar-refractivity contribution < 1.29 is 9.53 Å². The number of hydrogen-bond donors (Lipinski definition) is 1. The lowest BCUT2D eigenvalue weighted by Crippen LogP contribution is -2.41. The number of esters is 1. The van der Waals surface area contributed by atoms with Gasteiger partial charge in [-0.05, 0) is 24.8 Å². The van der Waals surface area contributed by atoms with E-state index in [1.165, 1.54) is 18.2 Å². The SMILES string of the molecule is CN=C(NCCc1ccc(C)cc1)N1CC(C)C(C(=O)OC)C1. The van der Waals surface area contributed by atoms with Crippen LogP contribution in [0.15, 0.2) is 29.3 Å². The van der Waals surface area contributed by atoms with Gasteiger partial charge in [0.25, 0.3) is 0 Å². The number of ether oxygens (including phenoxy) is 1. The van der Waals surface area contributed by atoms with Crippen LogP contribution in [0.2, 0.25) is 0 Å². The van der Waals surface area contributed by atoms with E-state index in [2.05, 4.69) is 53.3 Å². The van der Waals surface area contributed by atoms with Crippen LogP contribution in [-0.4, -0.2) is 50.6 Å². The fraction of sp³-hybridized carbons (Fsp3) is 0.556. The van der Waals surface area contributed by atoms with Gasteiger partial charge in [0.15, 0.2) is 5.96 Å². The molecule has 0 aromatic heterocycles. The van der Waals surface area contributed by atoms with Gasteiger partial charge in [-0.15, -0.1) is 0 Å². The number of methoxy groups -OCH3 is 1. The predicted octanol–water partition coefficient (Wildman–Crippen LogP) is 1.85. The number of nitrogens with zero attached hydrogens (tertiary/aromatic N) is 2. The molecular formula is C18H27N3O2. The van der Waals surface area contributed by atoms with Gasteiger partial charge >= 0.3 is 5.97 Å². The maximum atomic E-state index is 11.8. The van der Waals surface area contributed by atoms with Crippen LogP contribution in [0, 0.1) is 18.8 Å². The van der Waals surface area contributed by atoms with E-state index < -0.39 is 0 Å². The molecule has 5 nitrogen and oxygen atoms in total. The fourth-order valence-electron chi connectivity index (χ4n) is 3.00. The Morgan fingerprint density at radius 2 is 2.04 bits per heavy atom. The van der Waals surface area contributed by atoms with Gasteiger partial charge in [-0.3, -0.25) is 9.79 Å². The molecule has 126 valence electrons. The minimum atomic E-state index is -0.130. The van der Waals surface area contributed by atoms with E-state index >= 15 is 0 Å². The molecule has 1 aromatic rings. The molecule has 1 N–H and O–H groups in total. The third kappa shape index (κ3) is 4.47. The van der Waals surface area contributed by atoms with E-state index in [1.54, 1.807) is 7.05 Å². The molecule has 2 unspecified atom stereocenters. The van der Waals surface area contributed by atoms with E-state index in [9.17, 15) is 4.79 Å². The zero-order chi connectivity index (χ0) is 16.8. The topological polar surface area (TPSA) is 53.9 Å². The standard InChI is InChI=1S/C18H27N3O2/c1-13-5-7-15(8-6-13)9-10-20-18(19-3)21-11-14(2)16(12-21)17(22)23-4/h5-8,14,16H,9-12H2,1-4H3,(H,19,20). The van der Waals surface area contributed by atoms with E-state index in [0.29, 0.717) is 6.54 Å². The fourth-order valence-corrected chi connectivity index (χ4v) is 3.00. The molecule has 1 heterocycles. The Bertz CT molecular complexity index is 554. The molecule has 2 atom stereocenters. The lowest BCUT2D eigenvalue weighted by atomic mass is 9.99. The maximum Gasteiger partial charge on any atom is 0.310 e. The molecule has 0 amide bonds. The van der Waals surface area contributed by atoms with Crippen molar-refractivity contribution in [3.63, 3.8) is 0 Å². The smallest absolute Gasteiger partial charge is 0.310 e. The average molecular weight is 317 g/mol. The van der Waals surface area contributed by atoms with Crippen molar-refractivity contribution in [2.75, 3.05) is 33.8 Å². The summed E-state index contributed by atoms with van der Waals surface area (Å²) in [7, 11) is 3.23. The molecule has 1 aliphatic rings. The van der Waals surface area contributed by atoms with Crippen LogP contribution in [0.5, 0.6) is 0 Å². The van der Waals surface area contributed by atoms with Crippen molar-refractivity contribution in [2.45, 2.75) is 20.3 Å². The summed E-state index contributed by atoms with van der Waals surface area (Å²) in [6.07, 6.45) is 0.948. The summed E-state index contributed by atoms with van der Waals surface area (Å²) >= 11 is 0. The van der Waals surface area contributed by atoms with Crippen LogP contribution in [-0.2, 0) is 16.0 Å². The van der Waals surface area contributed by atoms with Gasteiger partial charge in [-0.1, -0.05) is 36.8 Å². The van der Waals surface area contributed by atoms with Crippen molar-refractivity contribution in [3.8, 4) is 0 Å². The zero-order valence-corrected chi connectivity index (χ0v) is 14.5. The van der Waals surface area contributed by atoms with Crippen molar-refractivity contribution in [1.29, 1.82) is 0 Å². The average Bonchev–Trinajstić information content (AvgIpc) is 2.94. The van der Waals surface area contributed by atoms with Crippen molar-refractivity contribution in [2.24, 2.45) is 16.8 Å². The highest BCUT2D eigenvalue weighted by molar-refractivity contribution is 5.82. The molecule has 1 saturated heterocycles. The van der Waals surface area contributed by atoms with Gasteiger partial charge in [-0.25, -0.2) is 0 Å². The summed E-state index contributed by atoms with van der Waals surface area (Å²) in [6, 6.07) is 8.58. The van der Waals surface area contributed by atoms with E-state index in [4.69, 9.17) is 4.74 Å². The number of aliphatic imine (C=N–C) groups is 1. The number of carbonyl (C=O) groups excluding carboxylic acids is 1. The molecule has 0 radical (unpaired) electrons. The first-order valence-corrected chi connectivity index (χ1v) is 8.14. The molecule has 1 fully saturated rings. The summed E-state index contributed by atoms with van der Waals surface area (Å²) in [5, 5.41) is 3.40. The lowest BCUT2D eigenvalue weighted by molar-refractivity contribution is -0.145. The van der Waals surface area contributed by atoms with Crippen LogP contribution in [0.3, 0.4) is 0 Å². The Hall–Kier alpha value is -2.04. The number of nitrogens with one attached hydrogen (secondary N) is 1. The zero-order valence-electron chi connectivity index (χ0n) is 14.5. The molecule has 0 saturated carbocycles. The van der Waals surface area contributed by atoms with E-state index in [0.717, 1.165) is 25.5 Å². The number of carbonyl (C=O) groups is 1. The Kier molecular flexibility index (Phi) is 6.02. The van der Waals surface area contributed by atoms with Gasteiger partial charge in [0.1, 0.15) is 0 Å². The highest BCUT2D eigenvalue weighted by Crippen LogP contribution is 2.24. The third-order valence-electron chi connectivity index (χ3n) is 4.45. The number of aryl methyl sites for hydroxylation is 1. The van der Waals surface area contributed by atoms with Crippen LogP contribution >= 0.6 is 0 Å². The molecular weight excluding hydrogens is 290 g/mol. The second-order valence-electron chi connectivity index (χ2n) is 6.22. The first kappa shape index (κ1) is 17.3. The van der Waals surface area contributed by atoms with Gasteiger partial charge in [0.05, 0.1) is 13.0 Å². The number of rotatable bonds is 4. The maximum absolute atomic E-state index is 11.8. The summed E-state index contributed by atoms with van der Waals surface area (Å²) in [4.78, 5) is 18.3. The third-order valence-corrected chi connectivity index (χ3v) is 4.45. The monoisotopic (exact) mass is 317 g/mol. The normalized spacial score (nSPS) is 21.4. The van der Waals surface area contributed by atoms with Gasteiger partial charge in [-0.2, -0.15) is 0 Å². The molecule has 0 spiro atoms. The van der Waals surface area contributed by atoms with E-state index in [1.807, 2.05) is 0 Å². The second-order valence-corrected chi connectivity index (χ2v) is 6.22. The Morgan fingerprint density at radius 3 is 2.65 bits per heavy atom. The van der Waals surface area contributed by atoms with Crippen LogP contribution in [0.1, 0.15) is 18.1 Å². The first-order valence-electron chi connectivity index (χ1n) is 8.14. The van der Waals surface area contributed by atoms with Gasteiger partial charge < -0.3 is 15.0 Å². The quantitative estimate of drug-likeness (QED) is 0.523.